The lowest BCUT2D eigenvalue weighted by molar-refractivity contribution is 0.238. The Morgan fingerprint density at radius 3 is 2.59 bits per heavy atom. The third kappa shape index (κ3) is 4.85. The average molecular weight is 238 g/mol. The van der Waals surface area contributed by atoms with Crippen LogP contribution in [0, 0.1) is 5.82 Å². The van der Waals surface area contributed by atoms with E-state index >= 15 is 0 Å². The van der Waals surface area contributed by atoms with Crippen LogP contribution in [-0.4, -0.2) is 12.6 Å². The smallest absolute Gasteiger partial charge is 0.315 e. The lowest BCUT2D eigenvalue weighted by Gasteiger charge is -2.14. The quantitative estimate of drug-likeness (QED) is 0.761. The molecule has 0 saturated carbocycles. The number of amides is 2. The molecule has 17 heavy (non-hydrogen) atoms. The predicted octanol–water partition coefficient (Wildman–Crippen LogP) is 2.99. The minimum absolute atomic E-state index is 0.128. The van der Waals surface area contributed by atoms with Crippen LogP contribution >= 0.6 is 0 Å². The SMILES string of the molecule is CCCCNC(=O)NC(C)c1ccc(F)cc1. The molecule has 0 radical (unpaired) electrons. The van der Waals surface area contributed by atoms with Crippen LogP contribution in [-0.2, 0) is 0 Å². The molecule has 2 amide bonds. The molecule has 1 aromatic carbocycles. The number of urea groups is 1. The number of benzene rings is 1. The van der Waals surface area contributed by atoms with E-state index in [1.807, 2.05) is 6.92 Å². The third-order valence-electron chi connectivity index (χ3n) is 2.53. The number of halogens is 1. The molecule has 0 aliphatic rings. The van der Waals surface area contributed by atoms with Gasteiger partial charge in [-0.3, -0.25) is 0 Å². The zero-order valence-electron chi connectivity index (χ0n) is 10.3. The number of carbonyl (C=O) groups is 1. The molecule has 1 rings (SSSR count). The van der Waals surface area contributed by atoms with Crippen LogP contribution in [0.4, 0.5) is 9.18 Å². The van der Waals surface area contributed by atoms with Gasteiger partial charge in [0.05, 0.1) is 6.04 Å². The average Bonchev–Trinajstić information content (AvgIpc) is 2.30. The summed E-state index contributed by atoms with van der Waals surface area (Å²) in [7, 11) is 0. The summed E-state index contributed by atoms with van der Waals surface area (Å²) in [5, 5.41) is 5.57. The van der Waals surface area contributed by atoms with E-state index in [1.54, 1.807) is 12.1 Å². The Bertz CT molecular complexity index is 351. The summed E-state index contributed by atoms with van der Waals surface area (Å²) >= 11 is 0. The minimum atomic E-state index is -0.270. The largest absolute Gasteiger partial charge is 0.338 e. The second-order valence-corrected chi connectivity index (χ2v) is 4.03. The Kier molecular flexibility index (Phi) is 5.46. The number of carbonyl (C=O) groups excluding carboxylic acids is 1. The first-order valence-corrected chi connectivity index (χ1v) is 5.93. The number of hydrogen-bond acceptors (Lipinski definition) is 1. The molecule has 0 aromatic heterocycles. The molecule has 0 fully saturated rings. The van der Waals surface area contributed by atoms with Crippen molar-refractivity contribution in [2.75, 3.05) is 6.54 Å². The molecule has 0 heterocycles. The summed E-state index contributed by atoms with van der Waals surface area (Å²) in [6, 6.07) is 5.82. The highest BCUT2D eigenvalue weighted by molar-refractivity contribution is 5.74. The second kappa shape index (κ2) is 6.89. The summed E-state index contributed by atoms with van der Waals surface area (Å²) in [5.74, 6) is -0.270. The molecule has 0 aliphatic heterocycles. The fraction of sp³-hybridized carbons (Fsp3) is 0.462. The van der Waals surface area contributed by atoms with Crippen LogP contribution < -0.4 is 10.6 Å². The van der Waals surface area contributed by atoms with Crippen molar-refractivity contribution in [3.63, 3.8) is 0 Å². The standard InChI is InChI=1S/C13H19FN2O/c1-3-4-9-15-13(17)16-10(2)11-5-7-12(14)8-6-11/h5-8,10H,3-4,9H2,1-2H3,(H2,15,16,17). The Labute approximate surface area is 101 Å². The van der Waals surface area contributed by atoms with Crippen LogP contribution in [0.1, 0.15) is 38.3 Å². The van der Waals surface area contributed by atoms with Crippen LogP contribution in [0.2, 0.25) is 0 Å². The highest BCUT2D eigenvalue weighted by Crippen LogP contribution is 2.12. The fourth-order valence-electron chi connectivity index (χ4n) is 1.46. The number of nitrogens with one attached hydrogen (secondary N) is 2. The van der Waals surface area contributed by atoms with E-state index in [2.05, 4.69) is 17.6 Å². The predicted molar refractivity (Wildman–Crippen MR) is 66.3 cm³/mol. The minimum Gasteiger partial charge on any atom is -0.338 e. The van der Waals surface area contributed by atoms with Crippen molar-refractivity contribution in [3.05, 3.63) is 35.6 Å². The summed E-state index contributed by atoms with van der Waals surface area (Å²) < 4.78 is 12.7. The molecule has 1 aromatic rings. The number of hydrogen-bond donors (Lipinski definition) is 2. The van der Waals surface area contributed by atoms with Gasteiger partial charge in [-0.2, -0.15) is 0 Å². The van der Waals surface area contributed by atoms with E-state index in [1.165, 1.54) is 12.1 Å². The van der Waals surface area contributed by atoms with Crippen molar-refractivity contribution < 1.29 is 9.18 Å². The van der Waals surface area contributed by atoms with E-state index in [0.29, 0.717) is 6.54 Å². The topological polar surface area (TPSA) is 41.1 Å². The summed E-state index contributed by atoms with van der Waals surface area (Å²) in [4.78, 5) is 11.5. The summed E-state index contributed by atoms with van der Waals surface area (Å²) in [6.07, 6.45) is 2.02. The van der Waals surface area contributed by atoms with E-state index in [9.17, 15) is 9.18 Å². The molecule has 94 valence electrons. The maximum atomic E-state index is 12.7. The molecule has 0 bridgehead atoms. The van der Waals surface area contributed by atoms with Gasteiger partial charge in [-0.15, -0.1) is 0 Å². The van der Waals surface area contributed by atoms with Crippen LogP contribution in [0.5, 0.6) is 0 Å². The zero-order valence-corrected chi connectivity index (χ0v) is 10.3. The van der Waals surface area contributed by atoms with Crippen molar-refractivity contribution in [1.82, 2.24) is 10.6 Å². The van der Waals surface area contributed by atoms with Gasteiger partial charge in [-0.05, 0) is 31.0 Å². The van der Waals surface area contributed by atoms with Crippen molar-refractivity contribution >= 4 is 6.03 Å². The lowest BCUT2D eigenvalue weighted by Crippen LogP contribution is -2.37. The van der Waals surface area contributed by atoms with Gasteiger partial charge in [0.15, 0.2) is 0 Å². The van der Waals surface area contributed by atoms with Crippen LogP contribution in [0.25, 0.3) is 0 Å². The molecule has 0 aliphatic carbocycles. The normalized spacial score (nSPS) is 11.9. The molecule has 0 spiro atoms. The first kappa shape index (κ1) is 13.5. The first-order valence-electron chi connectivity index (χ1n) is 5.93. The van der Waals surface area contributed by atoms with Crippen molar-refractivity contribution in [2.24, 2.45) is 0 Å². The molecule has 0 saturated heterocycles. The van der Waals surface area contributed by atoms with Crippen molar-refractivity contribution in [3.8, 4) is 0 Å². The van der Waals surface area contributed by atoms with Gasteiger partial charge in [0.1, 0.15) is 5.82 Å². The Hall–Kier alpha value is -1.58. The third-order valence-corrected chi connectivity index (χ3v) is 2.53. The molecule has 3 nitrogen and oxygen atoms in total. The molecular weight excluding hydrogens is 219 g/mol. The Morgan fingerprint density at radius 2 is 2.00 bits per heavy atom. The van der Waals surface area contributed by atoms with Crippen molar-refractivity contribution in [2.45, 2.75) is 32.7 Å². The molecule has 1 unspecified atom stereocenters. The van der Waals surface area contributed by atoms with E-state index in [0.717, 1.165) is 18.4 Å². The van der Waals surface area contributed by atoms with E-state index < -0.39 is 0 Å². The molecular formula is C13H19FN2O. The number of unbranched alkanes of at least 4 members (excludes halogenated alkanes) is 1. The number of rotatable bonds is 5. The van der Waals surface area contributed by atoms with Gasteiger partial charge in [0.25, 0.3) is 0 Å². The van der Waals surface area contributed by atoms with Crippen LogP contribution in [0.3, 0.4) is 0 Å². The Morgan fingerprint density at radius 1 is 1.35 bits per heavy atom. The fourth-order valence-corrected chi connectivity index (χ4v) is 1.46. The lowest BCUT2D eigenvalue weighted by atomic mass is 10.1. The van der Waals surface area contributed by atoms with Gasteiger partial charge in [-0.1, -0.05) is 25.5 Å². The van der Waals surface area contributed by atoms with Gasteiger partial charge < -0.3 is 10.6 Å². The van der Waals surface area contributed by atoms with E-state index in [-0.39, 0.29) is 17.9 Å². The maximum absolute atomic E-state index is 12.7. The molecule has 2 N–H and O–H groups in total. The molecule has 1 atom stereocenters. The van der Waals surface area contributed by atoms with Gasteiger partial charge >= 0.3 is 6.03 Å². The highest BCUT2D eigenvalue weighted by atomic mass is 19.1. The van der Waals surface area contributed by atoms with Gasteiger partial charge in [-0.25, -0.2) is 9.18 Å². The van der Waals surface area contributed by atoms with Gasteiger partial charge in [0, 0.05) is 6.54 Å². The monoisotopic (exact) mass is 238 g/mol. The van der Waals surface area contributed by atoms with Crippen molar-refractivity contribution in [1.29, 1.82) is 0 Å². The van der Waals surface area contributed by atoms with E-state index in [4.69, 9.17) is 0 Å². The second-order valence-electron chi connectivity index (χ2n) is 4.03. The highest BCUT2D eigenvalue weighted by Gasteiger charge is 2.08. The zero-order chi connectivity index (χ0) is 12.7. The molecule has 4 heteroatoms. The van der Waals surface area contributed by atoms with Crippen LogP contribution in [0.15, 0.2) is 24.3 Å². The summed E-state index contributed by atoms with van der Waals surface area (Å²) in [5.41, 5.74) is 0.886. The summed E-state index contributed by atoms with van der Waals surface area (Å²) in [6.45, 7) is 4.62. The van der Waals surface area contributed by atoms with Gasteiger partial charge in [0.2, 0.25) is 0 Å². The maximum Gasteiger partial charge on any atom is 0.315 e. The first-order chi connectivity index (χ1) is 8.13. The Balaban J connectivity index is 2.40.